The number of benzene rings is 2. The van der Waals surface area contributed by atoms with Gasteiger partial charge in [0.05, 0.1) is 19.8 Å². The molecule has 2 aromatic carbocycles. The van der Waals surface area contributed by atoms with Gasteiger partial charge in [-0.25, -0.2) is 4.79 Å². The molecule has 0 bridgehead atoms. The maximum absolute atomic E-state index is 13.0. The highest BCUT2D eigenvalue weighted by Gasteiger charge is 2.32. The Hall–Kier alpha value is -2.72. The number of nitrogens with one attached hydrogen (secondary N) is 1. The van der Waals surface area contributed by atoms with Gasteiger partial charge in [0.25, 0.3) is 5.91 Å². The van der Waals surface area contributed by atoms with Crippen molar-refractivity contribution >= 4 is 24.5 Å². The van der Waals surface area contributed by atoms with Gasteiger partial charge in [0.15, 0.2) is 0 Å². The number of carbonyl (C=O) groups is 2. The van der Waals surface area contributed by atoms with E-state index in [2.05, 4.69) is 16.3 Å². The van der Waals surface area contributed by atoms with Crippen LogP contribution in [0.4, 0.5) is 0 Å². The molecule has 2 heterocycles. The van der Waals surface area contributed by atoms with Crippen LogP contribution < -0.4 is 10.8 Å². The van der Waals surface area contributed by atoms with Crippen molar-refractivity contribution in [1.82, 2.24) is 10.2 Å². The molecule has 0 aliphatic carbocycles. The Bertz CT molecular complexity index is 1070. The van der Waals surface area contributed by atoms with Gasteiger partial charge in [-0.1, -0.05) is 44.2 Å². The van der Waals surface area contributed by atoms with Crippen LogP contribution in [0.15, 0.2) is 36.4 Å². The van der Waals surface area contributed by atoms with Gasteiger partial charge >= 0.3 is 13.1 Å². The summed E-state index contributed by atoms with van der Waals surface area (Å²) in [5.41, 5.74) is 4.61. The topological polar surface area (TPSA) is 97.3 Å². The maximum atomic E-state index is 13.0. The summed E-state index contributed by atoms with van der Waals surface area (Å²) < 4.78 is 16.3. The Morgan fingerprint density at radius 1 is 1.17 bits per heavy atom. The van der Waals surface area contributed by atoms with Crippen molar-refractivity contribution in [3.8, 4) is 0 Å². The summed E-state index contributed by atoms with van der Waals surface area (Å²) in [7, 11) is -1.04. The smallest absolute Gasteiger partial charge is 0.459 e. The molecule has 2 aliphatic heterocycles. The molecule has 1 unspecified atom stereocenters. The van der Waals surface area contributed by atoms with Gasteiger partial charge in [0.1, 0.15) is 12.6 Å². The second-order valence-electron chi connectivity index (χ2n) is 9.49. The Labute approximate surface area is 206 Å². The zero-order valence-corrected chi connectivity index (χ0v) is 20.6. The number of hydrogen-bond acceptors (Lipinski definition) is 7. The third kappa shape index (κ3) is 6.11. The fourth-order valence-electron chi connectivity index (χ4n) is 4.55. The van der Waals surface area contributed by atoms with Crippen molar-refractivity contribution < 1.29 is 28.7 Å². The molecule has 0 aromatic heterocycles. The summed E-state index contributed by atoms with van der Waals surface area (Å²) in [6.45, 7) is 10.1. The monoisotopic (exact) mass is 480 g/mol. The second-order valence-corrected chi connectivity index (χ2v) is 9.49. The van der Waals surface area contributed by atoms with Crippen molar-refractivity contribution in [3.05, 3.63) is 64.2 Å². The average Bonchev–Trinajstić information content (AvgIpc) is 3.23. The summed E-state index contributed by atoms with van der Waals surface area (Å²) >= 11 is 0. The van der Waals surface area contributed by atoms with Crippen molar-refractivity contribution in [2.45, 2.75) is 46.6 Å². The molecule has 1 fully saturated rings. The largest absolute Gasteiger partial charge is 0.492 e. The van der Waals surface area contributed by atoms with E-state index in [4.69, 9.17) is 14.1 Å². The molecule has 2 aromatic rings. The summed E-state index contributed by atoms with van der Waals surface area (Å²) in [4.78, 5) is 28.3. The third-order valence-electron chi connectivity index (χ3n) is 6.58. The molecule has 0 radical (unpaired) electrons. The highest BCUT2D eigenvalue weighted by molar-refractivity contribution is 6.62. The molecule has 2 N–H and O–H groups in total. The Kier molecular flexibility index (Phi) is 8.23. The lowest BCUT2D eigenvalue weighted by atomic mass is 9.75. The predicted molar refractivity (Wildman–Crippen MR) is 132 cm³/mol. The van der Waals surface area contributed by atoms with Gasteiger partial charge in [-0.3, -0.25) is 9.69 Å². The molecular formula is C26H33BN2O6. The van der Waals surface area contributed by atoms with Gasteiger partial charge in [-0.2, -0.15) is 0 Å². The minimum absolute atomic E-state index is 0.135. The SMILES string of the molecule is Cc1c(C(=O)NC(C(=O)OCc2cccc(CN3CCOCC3)c2)C(C)C)ccc2c1B(O)OC2. The molecular weight excluding hydrogens is 447 g/mol. The summed E-state index contributed by atoms with van der Waals surface area (Å²) in [6.07, 6.45) is 0. The first-order valence-corrected chi connectivity index (χ1v) is 12.1. The quantitative estimate of drug-likeness (QED) is 0.437. The Morgan fingerprint density at radius 3 is 2.66 bits per heavy atom. The number of morpholine rings is 1. The molecule has 1 amide bonds. The van der Waals surface area contributed by atoms with Crippen LogP contribution in [0, 0.1) is 12.8 Å². The predicted octanol–water partition coefficient (Wildman–Crippen LogP) is 1.54. The van der Waals surface area contributed by atoms with Gasteiger partial charge in [0, 0.05) is 25.2 Å². The van der Waals surface area contributed by atoms with Crippen LogP contribution in [-0.4, -0.2) is 61.3 Å². The zero-order valence-electron chi connectivity index (χ0n) is 20.6. The minimum Gasteiger partial charge on any atom is -0.459 e. The van der Waals surface area contributed by atoms with Crippen LogP contribution in [0.3, 0.4) is 0 Å². The second kappa shape index (κ2) is 11.3. The van der Waals surface area contributed by atoms with E-state index in [0.717, 1.165) is 49.5 Å². The first kappa shape index (κ1) is 25.4. The molecule has 2 aliphatic rings. The standard InChI is InChI=1S/C26H33BN2O6/c1-17(2)24(28-25(30)22-8-7-21-16-35-27(32)23(21)18(22)3)26(31)34-15-20-6-4-5-19(13-20)14-29-9-11-33-12-10-29/h4-8,13,17,24,32H,9-12,14-16H2,1-3H3,(H,28,30). The summed E-state index contributed by atoms with van der Waals surface area (Å²) in [6, 6.07) is 10.7. The van der Waals surface area contributed by atoms with Crippen molar-refractivity contribution in [2.24, 2.45) is 5.92 Å². The fraction of sp³-hybridized carbons (Fsp3) is 0.462. The molecule has 4 rings (SSSR count). The molecule has 0 saturated carbocycles. The van der Waals surface area contributed by atoms with E-state index in [-0.39, 0.29) is 18.4 Å². The van der Waals surface area contributed by atoms with Crippen LogP contribution in [0.2, 0.25) is 0 Å². The van der Waals surface area contributed by atoms with E-state index < -0.39 is 19.1 Å². The maximum Gasteiger partial charge on any atom is 0.492 e. The highest BCUT2D eigenvalue weighted by atomic mass is 16.5. The van der Waals surface area contributed by atoms with Crippen LogP contribution in [-0.2, 0) is 38.7 Å². The fourth-order valence-corrected chi connectivity index (χ4v) is 4.55. The van der Waals surface area contributed by atoms with Gasteiger partial charge in [-0.15, -0.1) is 0 Å². The summed E-state index contributed by atoms with van der Waals surface area (Å²) in [5, 5.41) is 12.9. The van der Waals surface area contributed by atoms with Gasteiger partial charge < -0.3 is 24.5 Å². The number of esters is 1. The lowest BCUT2D eigenvalue weighted by molar-refractivity contribution is -0.148. The van der Waals surface area contributed by atoms with E-state index in [1.807, 2.05) is 32.0 Å². The summed E-state index contributed by atoms with van der Waals surface area (Å²) in [5.74, 6) is -1.02. The molecule has 8 nitrogen and oxygen atoms in total. The minimum atomic E-state index is -1.04. The first-order valence-electron chi connectivity index (χ1n) is 12.1. The number of amides is 1. The Morgan fingerprint density at radius 2 is 1.91 bits per heavy atom. The normalized spacial score (nSPS) is 16.8. The van der Waals surface area contributed by atoms with Crippen molar-refractivity contribution in [3.63, 3.8) is 0 Å². The molecule has 1 saturated heterocycles. The van der Waals surface area contributed by atoms with E-state index in [1.165, 1.54) is 0 Å². The lowest BCUT2D eigenvalue weighted by Gasteiger charge is -2.26. The van der Waals surface area contributed by atoms with Crippen LogP contribution in [0.1, 0.15) is 46.5 Å². The number of ether oxygens (including phenoxy) is 2. The highest BCUT2D eigenvalue weighted by Crippen LogP contribution is 2.18. The number of rotatable bonds is 8. The van der Waals surface area contributed by atoms with Crippen LogP contribution >= 0.6 is 0 Å². The van der Waals surface area contributed by atoms with Crippen molar-refractivity contribution in [1.29, 1.82) is 0 Å². The molecule has 9 heteroatoms. The molecule has 1 atom stereocenters. The molecule has 0 spiro atoms. The zero-order chi connectivity index (χ0) is 24.9. The number of nitrogens with zero attached hydrogens (tertiary/aromatic N) is 1. The average molecular weight is 480 g/mol. The van der Waals surface area contributed by atoms with Gasteiger partial charge in [-0.05, 0) is 46.6 Å². The molecule has 186 valence electrons. The Balaban J connectivity index is 1.37. The number of fused-ring (bicyclic) bond motifs is 1. The molecule has 35 heavy (non-hydrogen) atoms. The van der Waals surface area contributed by atoms with Crippen molar-refractivity contribution in [2.75, 3.05) is 26.3 Å². The number of carbonyl (C=O) groups excluding carboxylic acids is 2. The van der Waals surface area contributed by atoms with E-state index in [0.29, 0.717) is 23.2 Å². The van der Waals surface area contributed by atoms with Crippen LogP contribution in [0.25, 0.3) is 0 Å². The first-order chi connectivity index (χ1) is 16.8. The van der Waals surface area contributed by atoms with E-state index in [9.17, 15) is 14.6 Å². The third-order valence-corrected chi connectivity index (χ3v) is 6.58. The van der Waals surface area contributed by atoms with E-state index in [1.54, 1.807) is 19.1 Å². The van der Waals surface area contributed by atoms with Gasteiger partial charge in [0.2, 0.25) is 0 Å². The van der Waals surface area contributed by atoms with Crippen LogP contribution in [0.5, 0.6) is 0 Å². The van der Waals surface area contributed by atoms with E-state index >= 15 is 0 Å². The number of hydrogen-bond donors (Lipinski definition) is 2. The lowest BCUT2D eigenvalue weighted by Crippen LogP contribution is -2.46.